The van der Waals surface area contributed by atoms with Crippen LogP contribution in [0.1, 0.15) is 219 Å². The highest BCUT2D eigenvalue weighted by molar-refractivity contribution is 5.85. The van der Waals surface area contributed by atoms with Crippen molar-refractivity contribution in [3.8, 4) is 0 Å². The summed E-state index contributed by atoms with van der Waals surface area (Å²) in [5, 5.41) is 0. The maximum Gasteiger partial charge on any atom is 0.313 e. The molecule has 0 aliphatic rings. The van der Waals surface area contributed by atoms with Gasteiger partial charge in [-0.3, -0.25) is 19.2 Å². The second-order valence-electron chi connectivity index (χ2n) is 14.3. The van der Waals surface area contributed by atoms with E-state index in [1.165, 1.54) is 64.2 Å². The Morgan fingerprint density at radius 1 is 0.308 bits per heavy atom. The average Bonchev–Trinajstić information content (AvgIpc) is 3.12. The Balaban J connectivity index is 3.52. The number of ether oxygens (including phenoxy) is 2. The van der Waals surface area contributed by atoms with Gasteiger partial charge in [0.05, 0.1) is 0 Å². The largest absolute Gasteiger partial charge is 0.393 e. The van der Waals surface area contributed by atoms with Gasteiger partial charge in [-0.05, 0) is 89.9 Å². The topological polar surface area (TPSA) is 86.7 Å². The summed E-state index contributed by atoms with van der Waals surface area (Å²) in [6.07, 6.45) is 49.1. The van der Waals surface area contributed by atoms with Crippen LogP contribution in [0.4, 0.5) is 0 Å². The van der Waals surface area contributed by atoms with Crippen LogP contribution in [0.5, 0.6) is 0 Å². The van der Waals surface area contributed by atoms with Crippen LogP contribution in [0.25, 0.3) is 0 Å². The Morgan fingerprint density at radius 2 is 0.538 bits per heavy atom. The first-order valence-corrected chi connectivity index (χ1v) is 21.6. The van der Waals surface area contributed by atoms with Gasteiger partial charge in [-0.15, -0.1) is 0 Å². The van der Waals surface area contributed by atoms with E-state index in [1.54, 1.807) is 0 Å². The third-order valence-corrected chi connectivity index (χ3v) is 9.13. The summed E-state index contributed by atoms with van der Waals surface area (Å²) in [7, 11) is 0. The molecule has 0 heterocycles. The van der Waals surface area contributed by atoms with Crippen molar-refractivity contribution < 1.29 is 28.7 Å². The van der Waals surface area contributed by atoms with Gasteiger partial charge in [-0.2, -0.15) is 0 Å². The summed E-state index contributed by atoms with van der Waals surface area (Å²) in [6.45, 7) is 4.46. The van der Waals surface area contributed by atoms with Crippen molar-refractivity contribution in [3.05, 3.63) is 48.6 Å². The van der Waals surface area contributed by atoms with Crippen LogP contribution >= 0.6 is 0 Å². The van der Waals surface area contributed by atoms with E-state index in [2.05, 4.69) is 62.5 Å². The molecule has 0 aromatic heterocycles. The number of allylic oxidation sites excluding steroid dienone is 8. The summed E-state index contributed by atoms with van der Waals surface area (Å²) >= 11 is 0. The molecule has 0 saturated heterocycles. The lowest BCUT2D eigenvalue weighted by Crippen LogP contribution is -2.12. The van der Waals surface area contributed by atoms with E-state index in [0.717, 1.165) is 103 Å². The monoisotopic (exact) mass is 727 g/mol. The lowest BCUT2D eigenvalue weighted by atomic mass is 10.1. The first kappa shape index (κ1) is 49.2. The van der Waals surface area contributed by atoms with Gasteiger partial charge in [-0.25, -0.2) is 0 Å². The predicted octanol–water partition coefficient (Wildman–Crippen LogP) is 13.9. The highest BCUT2D eigenvalue weighted by Gasteiger charge is 2.11. The molecule has 0 aromatic rings. The summed E-state index contributed by atoms with van der Waals surface area (Å²) < 4.78 is 9.94. The van der Waals surface area contributed by atoms with E-state index < -0.39 is 23.9 Å². The summed E-state index contributed by atoms with van der Waals surface area (Å²) in [6, 6.07) is 0. The summed E-state index contributed by atoms with van der Waals surface area (Å²) in [4.78, 5) is 47.9. The van der Waals surface area contributed by atoms with Gasteiger partial charge in [0, 0.05) is 25.7 Å². The number of carbonyl (C=O) groups excluding carboxylic acids is 4. The maximum absolute atomic E-state index is 12.0. The van der Waals surface area contributed by atoms with Gasteiger partial charge >= 0.3 is 23.9 Å². The number of unbranched alkanes of at least 4 members (excludes halogenated alkanes) is 21. The van der Waals surface area contributed by atoms with E-state index in [9.17, 15) is 19.2 Å². The minimum Gasteiger partial charge on any atom is -0.393 e. The van der Waals surface area contributed by atoms with Gasteiger partial charge < -0.3 is 9.47 Å². The third kappa shape index (κ3) is 40.0. The first-order chi connectivity index (χ1) is 25.5. The number of esters is 4. The van der Waals surface area contributed by atoms with Gasteiger partial charge in [0.2, 0.25) is 0 Å². The predicted molar refractivity (Wildman–Crippen MR) is 218 cm³/mol. The lowest BCUT2D eigenvalue weighted by Gasteiger charge is -2.05. The molecule has 0 spiro atoms. The van der Waals surface area contributed by atoms with Crippen LogP contribution in [-0.4, -0.2) is 23.9 Å². The van der Waals surface area contributed by atoms with E-state index in [4.69, 9.17) is 9.47 Å². The van der Waals surface area contributed by atoms with Crippen LogP contribution < -0.4 is 0 Å². The Kier molecular flexibility index (Phi) is 38.8. The second-order valence-corrected chi connectivity index (χ2v) is 14.3. The highest BCUT2D eigenvalue weighted by Crippen LogP contribution is 2.13. The van der Waals surface area contributed by atoms with E-state index in [1.807, 2.05) is 0 Å². The fourth-order valence-electron chi connectivity index (χ4n) is 5.87. The first-order valence-electron chi connectivity index (χ1n) is 21.6. The van der Waals surface area contributed by atoms with Crippen LogP contribution in [-0.2, 0) is 28.7 Å². The van der Waals surface area contributed by atoms with E-state index in [-0.39, 0.29) is 12.8 Å². The molecule has 0 N–H and O–H groups in total. The van der Waals surface area contributed by atoms with Crippen LogP contribution in [0.2, 0.25) is 0 Å². The quantitative estimate of drug-likeness (QED) is 0.0274. The number of hydrogen-bond acceptors (Lipinski definition) is 6. The molecule has 298 valence electrons. The van der Waals surface area contributed by atoms with E-state index in [0.29, 0.717) is 25.7 Å². The standard InChI is InChI=1S/C46H78O6/c1-3-5-7-9-11-13-15-17-19-21-23-25-27-31-35-39-43(47)51-45(49)41-37-33-29-30-34-38-42-46(50)52-44(48)40-36-32-28-26-24-22-20-18-16-14-12-10-8-6-4-2/h11-14,17-20H,3-10,15-16,21-42H2,1-2H3/b13-11-,14-12-,19-17-,20-18-. The van der Waals surface area contributed by atoms with Gasteiger partial charge in [0.15, 0.2) is 0 Å². The molecule has 52 heavy (non-hydrogen) atoms. The normalized spacial score (nSPS) is 11.8. The molecule has 0 radical (unpaired) electrons. The molecule has 0 aliphatic heterocycles. The zero-order chi connectivity index (χ0) is 38.0. The molecule has 0 fully saturated rings. The van der Waals surface area contributed by atoms with Crippen LogP contribution in [0, 0.1) is 0 Å². The van der Waals surface area contributed by atoms with Crippen molar-refractivity contribution in [1.82, 2.24) is 0 Å². The summed E-state index contributed by atoms with van der Waals surface area (Å²) in [5.41, 5.74) is 0. The maximum atomic E-state index is 12.0. The lowest BCUT2D eigenvalue weighted by molar-refractivity contribution is -0.161. The SMILES string of the molecule is CCCCC/C=C\C/C=C\CCCCCCCC(=O)OC(=O)CCCCCCCCC(=O)OC(=O)CCCCCCC/C=C\C/C=C\CCCCC. The number of carbonyl (C=O) groups is 4. The molecule has 0 atom stereocenters. The molecule has 0 amide bonds. The minimum atomic E-state index is -0.431. The van der Waals surface area contributed by atoms with Crippen LogP contribution in [0.3, 0.4) is 0 Å². The van der Waals surface area contributed by atoms with Crippen molar-refractivity contribution in [2.75, 3.05) is 0 Å². The summed E-state index contributed by atoms with van der Waals surface area (Å²) in [5.74, 6) is -1.68. The average molecular weight is 727 g/mol. The minimum absolute atomic E-state index is 0.261. The van der Waals surface area contributed by atoms with Crippen molar-refractivity contribution >= 4 is 23.9 Å². The fourth-order valence-corrected chi connectivity index (χ4v) is 5.87. The Labute approximate surface area is 319 Å². The molecule has 0 unspecified atom stereocenters. The molecule has 0 saturated carbocycles. The van der Waals surface area contributed by atoms with Gasteiger partial charge in [-0.1, -0.05) is 152 Å². The fraction of sp³-hybridized carbons (Fsp3) is 0.739. The van der Waals surface area contributed by atoms with Crippen molar-refractivity contribution in [3.63, 3.8) is 0 Å². The molecule has 0 aromatic carbocycles. The second kappa shape index (κ2) is 41.0. The van der Waals surface area contributed by atoms with Gasteiger partial charge in [0.1, 0.15) is 0 Å². The van der Waals surface area contributed by atoms with Crippen molar-refractivity contribution in [2.45, 2.75) is 219 Å². The Morgan fingerprint density at radius 3 is 0.808 bits per heavy atom. The Bertz CT molecular complexity index is 897. The third-order valence-electron chi connectivity index (χ3n) is 9.13. The molecule has 0 rings (SSSR count). The molecular formula is C46H78O6. The highest BCUT2D eigenvalue weighted by atomic mass is 16.6. The zero-order valence-corrected chi connectivity index (χ0v) is 33.7. The molecule has 6 nitrogen and oxygen atoms in total. The molecule has 6 heteroatoms. The number of rotatable bonds is 37. The van der Waals surface area contributed by atoms with Crippen molar-refractivity contribution in [2.24, 2.45) is 0 Å². The van der Waals surface area contributed by atoms with Crippen LogP contribution in [0.15, 0.2) is 48.6 Å². The molecule has 0 aliphatic carbocycles. The smallest absolute Gasteiger partial charge is 0.313 e. The molecular weight excluding hydrogens is 648 g/mol. The zero-order valence-electron chi connectivity index (χ0n) is 33.7. The number of hydrogen-bond donors (Lipinski definition) is 0. The van der Waals surface area contributed by atoms with E-state index >= 15 is 0 Å². The molecule has 0 bridgehead atoms. The van der Waals surface area contributed by atoms with Gasteiger partial charge in [0.25, 0.3) is 0 Å². The van der Waals surface area contributed by atoms with Crippen molar-refractivity contribution in [1.29, 1.82) is 0 Å². The Hall–Kier alpha value is -2.76.